The molecular weight excluding hydrogens is 264 g/mol. The molecule has 21 heavy (non-hydrogen) atoms. The molecule has 1 N–H and O–H groups in total. The Balaban J connectivity index is 1.69. The Labute approximate surface area is 127 Å². The third-order valence-electron chi connectivity index (χ3n) is 3.98. The molecule has 0 spiro atoms. The van der Waals surface area contributed by atoms with Gasteiger partial charge in [-0.05, 0) is 38.8 Å². The Hall–Kier alpha value is -1.55. The van der Waals surface area contributed by atoms with Crippen LogP contribution in [0.3, 0.4) is 0 Å². The van der Waals surface area contributed by atoms with Gasteiger partial charge in [0.15, 0.2) is 0 Å². The summed E-state index contributed by atoms with van der Waals surface area (Å²) in [6.45, 7) is 8.24. The van der Waals surface area contributed by atoms with E-state index >= 15 is 0 Å². The van der Waals surface area contributed by atoms with Crippen LogP contribution in [0.4, 0.5) is 0 Å². The number of ether oxygens (including phenoxy) is 1. The molecule has 0 aromatic heterocycles. The maximum Gasteiger partial charge on any atom is 0.219 e. The molecule has 2 rings (SSSR count). The van der Waals surface area contributed by atoms with Crippen molar-refractivity contribution in [2.75, 3.05) is 19.7 Å². The van der Waals surface area contributed by atoms with Crippen LogP contribution in [0.5, 0.6) is 5.75 Å². The highest BCUT2D eigenvalue weighted by Crippen LogP contribution is 2.13. The summed E-state index contributed by atoms with van der Waals surface area (Å²) >= 11 is 0. The summed E-state index contributed by atoms with van der Waals surface area (Å²) in [7, 11) is 0. The maximum atomic E-state index is 11.3. The minimum Gasteiger partial charge on any atom is -0.492 e. The van der Waals surface area contributed by atoms with E-state index in [0.717, 1.165) is 31.7 Å². The second-order valence-electron chi connectivity index (χ2n) is 5.97. The highest BCUT2D eigenvalue weighted by Gasteiger charge is 2.21. The number of carbonyl (C=O) groups excluding carboxylic acids is 1. The summed E-state index contributed by atoms with van der Waals surface area (Å²) in [5.74, 6) is 1.10. The van der Waals surface area contributed by atoms with E-state index in [-0.39, 0.29) is 5.91 Å². The van der Waals surface area contributed by atoms with Crippen LogP contribution in [0.25, 0.3) is 0 Å². The first-order valence-corrected chi connectivity index (χ1v) is 7.75. The molecule has 0 bridgehead atoms. The van der Waals surface area contributed by atoms with Gasteiger partial charge in [0, 0.05) is 32.1 Å². The van der Waals surface area contributed by atoms with Crippen molar-refractivity contribution < 1.29 is 9.53 Å². The third kappa shape index (κ3) is 5.05. The number of carbonyl (C=O) groups is 1. The number of rotatable bonds is 5. The first-order valence-electron chi connectivity index (χ1n) is 7.75. The number of piperidine rings is 1. The van der Waals surface area contributed by atoms with Crippen LogP contribution in [0.2, 0.25) is 0 Å². The average molecular weight is 290 g/mol. The standard InChI is InChI=1S/C17H26N2O2/c1-13-4-6-17(7-5-13)21-12-14(2)18-16-8-10-19(11-9-16)15(3)20/h4-7,14,16,18H,8-12H2,1-3H3. The Kier molecular flexibility index (Phi) is 5.62. The average Bonchev–Trinajstić information content (AvgIpc) is 2.47. The minimum atomic E-state index is 0.184. The molecule has 0 saturated carbocycles. The van der Waals surface area contributed by atoms with Crippen molar-refractivity contribution in [2.45, 2.75) is 45.7 Å². The van der Waals surface area contributed by atoms with Crippen molar-refractivity contribution in [2.24, 2.45) is 0 Å². The number of hydrogen-bond donors (Lipinski definition) is 1. The zero-order chi connectivity index (χ0) is 15.2. The first kappa shape index (κ1) is 15.8. The zero-order valence-corrected chi connectivity index (χ0v) is 13.3. The van der Waals surface area contributed by atoms with Crippen molar-refractivity contribution >= 4 is 5.91 Å². The highest BCUT2D eigenvalue weighted by atomic mass is 16.5. The number of nitrogens with one attached hydrogen (secondary N) is 1. The number of hydrogen-bond acceptors (Lipinski definition) is 3. The summed E-state index contributed by atoms with van der Waals surface area (Å²) in [4.78, 5) is 13.2. The Bertz CT molecular complexity index is 450. The predicted molar refractivity (Wildman–Crippen MR) is 84.5 cm³/mol. The lowest BCUT2D eigenvalue weighted by molar-refractivity contribution is -0.129. The van der Waals surface area contributed by atoms with Crippen molar-refractivity contribution in [1.29, 1.82) is 0 Å². The fraction of sp³-hybridized carbons (Fsp3) is 0.588. The van der Waals surface area contributed by atoms with E-state index in [0.29, 0.717) is 18.7 Å². The molecular formula is C17H26N2O2. The van der Waals surface area contributed by atoms with Crippen LogP contribution in [-0.2, 0) is 4.79 Å². The number of nitrogens with zero attached hydrogens (tertiary/aromatic N) is 1. The highest BCUT2D eigenvalue weighted by molar-refractivity contribution is 5.73. The summed E-state index contributed by atoms with van der Waals surface area (Å²) in [6, 6.07) is 8.92. The normalized spacial score (nSPS) is 17.6. The molecule has 1 unspecified atom stereocenters. The molecule has 116 valence electrons. The third-order valence-corrected chi connectivity index (χ3v) is 3.98. The number of likely N-dealkylation sites (tertiary alicyclic amines) is 1. The van der Waals surface area contributed by atoms with Crippen LogP contribution in [0.1, 0.15) is 32.3 Å². The van der Waals surface area contributed by atoms with Crippen molar-refractivity contribution in [1.82, 2.24) is 10.2 Å². The van der Waals surface area contributed by atoms with Gasteiger partial charge in [0.2, 0.25) is 5.91 Å². The first-order chi connectivity index (χ1) is 10.0. The quantitative estimate of drug-likeness (QED) is 0.905. The second-order valence-corrected chi connectivity index (χ2v) is 5.97. The molecule has 1 fully saturated rings. The van der Waals surface area contributed by atoms with Crippen LogP contribution in [0, 0.1) is 6.92 Å². The molecule has 0 aliphatic carbocycles. The van der Waals surface area contributed by atoms with Gasteiger partial charge in [-0.15, -0.1) is 0 Å². The van der Waals surface area contributed by atoms with Gasteiger partial charge < -0.3 is 15.0 Å². The van der Waals surface area contributed by atoms with Gasteiger partial charge in [0.05, 0.1) is 0 Å². The lowest BCUT2D eigenvalue weighted by atomic mass is 10.0. The van der Waals surface area contributed by atoms with E-state index in [9.17, 15) is 4.79 Å². The van der Waals surface area contributed by atoms with Gasteiger partial charge in [-0.25, -0.2) is 0 Å². The van der Waals surface area contributed by atoms with Crippen molar-refractivity contribution in [3.8, 4) is 5.75 Å². The van der Waals surface area contributed by atoms with Gasteiger partial charge in [0.1, 0.15) is 12.4 Å². The summed E-state index contributed by atoms with van der Waals surface area (Å²) in [5.41, 5.74) is 1.24. The molecule has 1 amide bonds. The molecule has 1 aliphatic rings. The Morgan fingerprint density at radius 1 is 1.33 bits per heavy atom. The number of aryl methyl sites for hydroxylation is 1. The largest absolute Gasteiger partial charge is 0.492 e. The fourth-order valence-electron chi connectivity index (χ4n) is 2.67. The smallest absolute Gasteiger partial charge is 0.219 e. The number of benzene rings is 1. The summed E-state index contributed by atoms with van der Waals surface area (Å²) in [6.07, 6.45) is 2.04. The van der Waals surface area contributed by atoms with E-state index in [2.05, 4.69) is 31.3 Å². The van der Waals surface area contributed by atoms with E-state index in [1.165, 1.54) is 5.56 Å². The Morgan fingerprint density at radius 2 is 1.95 bits per heavy atom. The monoisotopic (exact) mass is 290 g/mol. The second kappa shape index (κ2) is 7.46. The van der Waals surface area contributed by atoms with Crippen molar-refractivity contribution in [3.05, 3.63) is 29.8 Å². The predicted octanol–water partition coefficient (Wildman–Crippen LogP) is 2.36. The van der Waals surface area contributed by atoms with Gasteiger partial charge >= 0.3 is 0 Å². The van der Waals surface area contributed by atoms with Gasteiger partial charge in [-0.1, -0.05) is 17.7 Å². The maximum absolute atomic E-state index is 11.3. The van der Waals surface area contributed by atoms with E-state index in [1.54, 1.807) is 6.92 Å². The lowest BCUT2D eigenvalue weighted by Crippen LogP contribution is -2.47. The molecule has 4 heteroatoms. The summed E-state index contributed by atoms with van der Waals surface area (Å²) < 4.78 is 5.80. The van der Waals surface area contributed by atoms with Crippen LogP contribution in [-0.4, -0.2) is 42.6 Å². The van der Waals surface area contributed by atoms with E-state index < -0.39 is 0 Å². The van der Waals surface area contributed by atoms with Crippen molar-refractivity contribution in [3.63, 3.8) is 0 Å². The molecule has 1 aromatic rings. The van der Waals surface area contributed by atoms with E-state index in [4.69, 9.17) is 4.74 Å². The molecule has 1 saturated heterocycles. The van der Waals surface area contributed by atoms with Crippen LogP contribution >= 0.6 is 0 Å². The van der Waals surface area contributed by atoms with E-state index in [1.807, 2.05) is 17.0 Å². The minimum absolute atomic E-state index is 0.184. The molecule has 4 nitrogen and oxygen atoms in total. The molecule has 1 atom stereocenters. The molecule has 1 aliphatic heterocycles. The van der Waals surface area contributed by atoms with Gasteiger partial charge in [0.25, 0.3) is 0 Å². The van der Waals surface area contributed by atoms with Crippen LogP contribution in [0.15, 0.2) is 24.3 Å². The molecule has 1 heterocycles. The van der Waals surface area contributed by atoms with Gasteiger partial charge in [-0.2, -0.15) is 0 Å². The lowest BCUT2D eigenvalue weighted by Gasteiger charge is -2.33. The Morgan fingerprint density at radius 3 is 2.52 bits per heavy atom. The molecule has 0 radical (unpaired) electrons. The molecule has 1 aromatic carbocycles. The topological polar surface area (TPSA) is 41.6 Å². The number of amides is 1. The summed E-state index contributed by atoms with van der Waals surface area (Å²) in [5, 5.41) is 3.60. The van der Waals surface area contributed by atoms with Gasteiger partial charge in [-0.3, -0.25) is 4.79 Å². The zero-order valence-electron chi connectivity index (χ0n) is 13.3. The SMILES string of the molecule is CC(=O)N1CCC(NC(C)COc2ccc(C)cc2)CC1. The van der Waals surface area contributed by atoms with Crippen LogP contribution < -0.4 is 10.1 Å². The fourth-order valence-corrected chi connectivity index (χ4v) is 2.67.